The highest BCUT2D eigenvalue weighted by molar-refractivity contribution is 5.44. The zero-order chi connectivity index (χ0) is 14.5. The molecule has 2 heterocycles. The van der Waals surface area contributed by atoms with Crippen LogP contribution in [0.15, 0.2) is 36.4 Å². The lowest BCUT2D eigenvalue weighted by Gasteiger charge is -2.26. The van der Waals surface area contributed by atoms with Crippen LogP contribution in [0, 0.1) is 0 Å². The number of benzene rings is 1. The summed E-state index contributed by atoms with van der Waals surface area (Å²) in [6.45, 7) is 3.26. The zero-order valence-corrected chi connectivity index (χ0v) is 12.3. The van der Waals surface area contributed by atoms with Gasteiger partial charge in [-0.15, -0.1) is 0 Å². The number of allylic oxidation sites excluding steroid dienone is 1. The predicted octanol–water partition coefficient (Wildman–Crippen LogP) is 1.91. The Bertz CT molecular complexity index is 600. The van der Waals surface area contributed by atoms with Gasteiger partial charge in [-0.05, 0) is 18.1 Å². The third kappa shape index (κ3) is 3.49. The van der Waals surface area contributed by atoms with E-state index >= 15 is 0 Å². The molecule has 1 saturated heterocycles. The van der Waals surface area contributed by atoms with E-state index in [-0.39, 0.29) is 0 Å². The molecule has 1 fully saturated rings. The van der Waals surface area contributed by atoms with E-state index in [4.69, 9.17) is 4.74 Å². The standard InChI is InChI=1S/C16H20N4O/c1-19-16(20-10-12-21-13-11-20)17-15(18-19)9-5-8-14-6-3-2-4-7-14/h2-7,9H,8,10-13H2,1H3/b9-5+. The molecule has 0 aliphatic carbocycles. The van der Waals surface area contributed by atoms with Gasteiger partial charge in [-0.2, -0.15) is 10.1 Å². The van der Waals surface area contributed by atoms with Gasteiger partial charge in [-0.3, -0.25) is 0 Å². The van der Waals surface area contributed by atoms with Gasteiger partial charge in [0.25, 0.3) is 0 Å². The van der Waals surface area contributed by atoms with Gasteiger partial charge in [0.2, 0.25) is 5.95 Å². The molecule has 0 saturated carbocycles. The lowest BCUT2D eigenvalue weighted by molar-refractivity contribution is 0.121. The van der Waals surface area contributed by atoms with E-state index in [1.54, 1.807) is 0 Å². The quantitative estimate of drug-likeness (QED) is 0.860. The van der Waals surface area contributed by atoms with Crippen molar-refractivity contribution in [2.45, 2.75) is 6.42 Å². The molecule has 0 N–H and O–H groups in total. The van der Waals surface area contributed by atoms with Gasteiger partial charge < -0.3 is 9.64 Å². The lowest BCUT2D eigenvalue weighted by atomic mass is 10.1. The van der Waals surface area contributed by atoms with Crippen LogP contribution in [0.4, 0.5) is 5.95 Å². The Hall–Kier alpha value is -2.14. The Morgan fingerprint density at radius 1 is 1.19 bits per heavy atom. The minimum atomic E-state index is 0.756. The summed E-state index contributed by atoms with van der Waals surface area (Å²) < 4.78 is 7.21. The second-order valence-electron chi connectivity index (χ2n) is 5.09. The summed E-state index contributed by atoms with van der Waals surface area (Å²) in [6.07, 6.45) is 4.98. The molecule has 0 atom stereocenters. The second kappa shape index (κ2) is 6.54. The summed E-state index contributed by atoms with van der Waals surface area (Å²) in [5.41, 5.74) is 1.29. The van der Waals surface area contributed by atoms with E-state index in [1.807, 2.05) is 23.9 Å². The van der Waals surface area contributed by atoms with Crippen LogP contribution in [0.1, 0.15) is 11.4 Å². The van der Waals surface area contributed by atoms with Gasteiger partial charge >= 0.3 is 0 Å². The predicted molar refractivity (Wildman–Crippen MR) is 83.2 cm³/mol. The summed E-state index contributed by atoms with van der Waals surface area (Å²) in [4.78, 5) is 6.81. The highest BCUT2D eigenvalue weighted by Crippen LogP contribution is 2.13. The van der Waals surface area contributed by atoms with Crippen LogP contribution in [0.3, 0.4) is 0 Å². The summed E-state index contributed by atoms with van der Waals surface area (Å²) in [7, 11) is 1.94. The molecule has 0 spiro atoms. The van der Waals surface area contributed by atoms with Crippen LogP contribution in [-0.2, 0) is 18.2 Å². The van der Waals surface area contributed by atoms with Crippen molar-refractivity contribution in [3.8, 4) is 0 Å². The number of morpholine rings is 1. The molecule has 5 nitrogen and oxygen atoms in total. The van der Waals surface area contributed by atoms with Crippen molar-refractivity contribution in [1.82, 2.24) is 14.8 Å². The SMILES string of the molecule is Cn1nc(/C=C/Cc2ccccc2)nc1N1CCOCC1. The third-order valence-corrected chi connectivity index (χ3v) is 3.51. The van der Waals surface area contributed by atoms with Gasteiger partial charge in [0.1, 0.15) is 0 Å². The number of nitrogens with zero attached hydrogens (tertiary/aromatic N) is 4. The fourth-order valence-electron chi connectivity index (χ4n) is 2.42. The van der Waals surface area contributed by atoms with Crippen LogP contribution >= 0.6 is 0 Å². The Morgan fingerprint density at radius 3 is 2.71 bits per heavy atom. The van der Waals surface area contributed by atoms with Crippen molar-refractivity contribution in [1.29, 1.82) is 0 Å². The molecular formula is C16H20N4O. The molecule has 0 amide bonds. The van der Waals surface area contributed by atoms with Crippen molar-refractivity contribution in [3.63, 3.8) is 0 Å². The summed E-state index contributed by atoms with van der Waals surface area (Å²) in [5.74, 6) is 1.67. The first-order valence-corrected chi connectivity index (χ1v) is 7.27. The molecule has 2 aromatic rings. The van der Waals surface area contributed by atoms with Gasteiger partial charge in [0, 0.05) is 20.1 Å². The Morgan fingerprint density at radius 2 is 1.95 bits per heavy atom. The van der Waals surface area contributed by atoms with Gasteiger partial charge in [0.15, 0.2) is 5.82 Å². The number of aryl methyl sites for hydroxylation is 1. The first-order valence-electron chi connectivity index (χ1n) is 7.27. The molecule has 0 radical (unpaired) electrons. The Balaban J connectivity index is 1.66. The summed E-state index contributed by atoms with van der Waals surface area (Å²) in [6, 6.07) is 10.4. The van der Waals surface area contributed by atoms with E-state index in [0.717, 1.165) is 44.5 Å². The number of anilines is 1. The highest BCUT2D eigenvalue weighted by atomic mass is 16.5. The monoisotopic (exact) mass is 284 g/mol. The van der Waals surface area contributed by atoms with Crippen LogP contribution in [0.5, 0.6) is 0 Å². The van der Waals surface area contributed by atoms with Crippen LogP contribution in [0.2, 0.25) is 0 Å². The van der Waals surface area contributed by atoms with Crippen LogP contribution in [-0.4, -0.2) is 41.1 Å². The Labute approximate surface area is 124 Å². The molecular weight excluding hydrogens is 264 g/mol. The Kier molecular flexibility index (Phi) is 4.31. The first-order chi connectivity index (χ1) is 10.3. The first kappa shape index (κ1) is 13.8. The smallest absolute Gasteiger partial charge is 0.224 e. The van der Waals surface area contributed by atoms with E-state index in [0.29, 0.717) is 0 Å². The van der Waals surface area contributed by atoms with Gasteiger partial charge in [-0.25, -0.2) is 4.68 Å². The van der Waals surface area contributed by atoms with Crippen molar-refractivity contribution >= 4 is 12.0 Å². The van der Waals surface area contributed by atoms with Crippen molar-refractivity contribution in [2.24, 2.45) is 7.05 Å². The molecule has 21 heavy (non-hydrogen) atoms. The molecule has 0 bridgehead atoms. The van der Waals surface area contributed by atoms with Crippen molar-refractivity contribution in [3.05, 3.63) is 47.8 Å². The molecule has 0 unspecified atom stereocenters. The van der Waals surface area contributed by atoms with Crippen molar-refractivity contribution in [2.75, 3.05) is 31.2 Å². The number of rotatable bonds is 4. The number of ether oxygens (including phenoxy) is 1. The van der Waals surface area contributed by atoms with E-state index < -0.39 is 0 Å². The van der Waals surface area contributed by atoms with E-state index in [1.165, 1.54) is 5.56 Å². The third-order valence-electron chi connectivity index (χ3n) is 3.51. The van der Waals surface area contributed by atoms with Crippen LogP contribution < -0.4 is 4.90 Å². The second-order valence-corrected chi connectivity index (χ2v) is 5.09. The number of hydrogen-bond acceptors (Lipinski definition) is 4. The normalized spacial score (nSPS) is 15.8. The minimum absolute atomic E-state index is 0.756. The molecule has 1 aliphatic heterocycles. The highest BCUT2D eigenvalue weighted by Gasteiger charge is 2.16. The topological polar surface area (TPSA) is 43.2 Å². The summed E-state index contributed by atoms with van der Waals surface area (Å²) >= 11 is 0. The molecule has 3 rings (SSSR count). The molecule has 1 aliphatic rings. The fourth-order valence-corrected chi connectivity index (χ4v) is 2.42. The largest absolute Gasteiger partial charge is 0.378 e. The lowest BCUT2D eigenvalue weighted by Crippen LogP contribution is -2.37. The molecule has 5 heteroatoms. The fraction of sp³-hybridized carbons (Fsp3) is 0.375. The molecule has 1 aromatic carbocycles. The number of hydrogen-bond donors (Lipinski definition) is 0. The zero-order valence-electron chi connectivity index (χ0n) is 12.3. The van der Waals surface area contributed by atoms with Crippen molar-refractivity contribution < 1.29 is 4.74 Å². The maximum absolute atomic E-state index is 5.37. The average molecular weight is 284 g/mol. The van der Waals surface area contributed by atoms with Gasteiger partial charge in [0.05, 0.1) is 13.2 Å². The molecule has 1 aromatic heterocycles. The summed E-state index contributed by atoms with van der Waals surface area (Å²) in [5, 5.41) is 4.45. The maximum atomic E-state index is 5.37. The van der Waals surface area contributed by atoms with Gasteiger partial charge in [-0.1, -0.05) is 36.4 Å². The molecule has 110 valence electrons. The van der Waals surface area contributed by atoms with Crippen LogP contribution in [0.25, 0.3) is 6.08 Å². The van der Waals surface area contributed by atoms with E-state index in [2.05, 4.69) is 45.3 Å². The average Bonchev–Trinajstić information content (AvgIpc) is 2.90. The minimum Gasteiger partial charge on any atom is -0.378 e. The van der Waals surface area contributed by atoms with E-state index in [9.17, 15) is 0 Å². The maximum Gasteiger partial charge on any atom is 0.224 e. The number of aromatic nitrogens is 3.